The fourth-order valence-corrected chi connectivity index (χ4v) is 0.671. The van der Waals surface area contributed by atoms with E-state index in [0.29, 0.717) is 0 Å². The third-order valence-electron chi connectivity index (χ3n) is 1.34. The predicted molar refractivity (Wildman–Crippen MR) is 57.1 cm³/mol. The van der Waals surface area contributed by atoms with Crippen LogP contribution in [0.15, 0.2) is 0 Å². The zero-order chi connectivity index (χ0) is 9.28. The Morgan fingerprint density at radius 2 is 1.18 bits per heavy atom. The van der Waals surface area contributed by atoms with Crippen molar-refractivity contribution < 1.29 is 0 Å². The molecule has 0 fully saturated rings. The van der Waals surface area contributed by atoms with E-state index in [1.165, 1.54) is 35.9 Å². The average Bonchev–Trinajstić information content (AvgIpc) is 1.90. The zero-order valence-electron chi connectivity index (χ0n) is 9.15. The summed E-state index contributed by atoms with van der Waals surface area (Å²) in [5.74, 6) is 0. The van der Waals surface area contributed by atoms with Crippen molar-refractivity contribution in [3.05, 3.63) is 0 Å². The van der Waals surface area contributed by atoms with Crippen molar-refractivity contribution in [1.82, 2.24) is 4.90 Å². The van der Waals surface area contributed by atoms with E-state index < -0.39 is 0 Å². The normalized spacial score (nSPS) is 9.73. The van der Waals surface area contributed by atoms with Crippen molar-refractivity contribution in [3.63, 3.8) is 0 Å². The molecule has 0 aromatic rings. The Balaban J connectivity index is 0. The van der Waals surface area contributed by atoms with E-state index in [4.69, 9.17) is 0 Å². The lowest BCUT2D eigenvalue weighted by atomic mass is 10.5. The monoisotopic (exact) mass is 173 g/mol. The topological polar surface area (TPSA) is 3.24 Å². The van der Waals surface area contributed by atoms with Crippen LogP contribution in [0, 0.1) is 0 Å². The molecule has 0 rings (SSSR count). The standard InChI is InChI=1S/C6H15N.C3H7.Al.2H/c1-4-7(5-2)6-3;1-3-2;;;/h4-6H2,1-3H3;3H,1-2H3;;;. The number of hydrogen-bond acceptors (Lipinski definition) is 1. The van der Waals surface area contributed by atoms with Crippen LogP contribution in [0.5, 0.6) is 0 Å². The maximum atomic E-state index is 2.38. The molecule has 0 aliphatic rings. The van der Waals surface area contributed by atoms with Crippen molar-refractivity contribution in [1.29, 1.82) is 0 Å². The molecule has 0 heterocycles. The first-order chi connectivity index (χ1) is 5.08. The third-order valence-corrected chi connectivity index (χ3v) is 1.34. The Morgan fingerprint density at radius 1 is 1.00 bits per heavy atom. The van der Waals surface area contributed by atoms with Gasteiger partial charge in [0.05, 0.1) is 0 Å². The van der Waals surface area contributed by atoms with E-state index >= 15 is 0 Å². The van der Waals surface area contributed by atoms with Crippen molar-refractivity contribution in [2.45, 2.75) is 39.4 Å². The van der Waals surface area contributed by atoms with Gasteiger partial charge in [-0.1, -0.05) is 39.4 Å². The maximum absolute atomic E-state index is 2.38. The molecule has 0 saturated heterocycles. The smallest absolute Gasteiger partial charge is 0.215 e. The molecule has 0 aromatic carbocycles. The third kappa shape index (κ3) is 18.0. The van der Waals surface area contributed by atoms with E-state index in [1.807, 2.05) is 0 Å². The molecule has 68 valence electrons. The zero-order valence-corrected chi connectivity index (χ0v) is 11.1. The summed E-state index contributed by atoms with van der Waals surface area (Å²) in [6.07, 6.45) is 0. The van der Waals surface area contributed by atoms with Crippen LogP contribution in [-0.4, -0.2) is 40.8 Å². The summed E-state index contributed by atoms with van der Waals surface area (Å²) in [6, 6.07) is 0. The molecule has 11 heavy (non-hydrogen) atoms. The molecule has 0 atom stereocenters. The number of hydrogen-bond donors (Lipinski definition) is 0. The Morgan fingerprint density at radius 3 is 1.18 bits per heavy atom. The van der Waals surface area contributed by atoms with Gasteiger partial charge in [-0.2, -0.15) is 0 Å². The molecule has 0 aliphatic carbocycles. The Kier molecular flexibility index (Phi) is 13.4. The fraction of sp³-hybridized carbons (Fsp3) is 1.00. The Labute approximate surface area is 80.6 Å². The van der Waals surface area contributed by atoms with Gasteiger partial charge in [-0.3, -0.25) is 0 Å². The second-order valence-electron chi connectivity index (χ2n) is 3.35. The molecule has 1 nitrogen and oxygen atoms in total. The summed E-state index contributed by atoms with van der Waals surface area (Å²) in [7, 11) is 0. The molecular weight excluding hydrogens is 149 g/mol. The van der Waals surface area contributed by atoms with Crippen molar-refractivity contribution in [2.75, 3.05) is 19.6 Å². The minimum atomic E-state index is 0.972. The second-order valence-corrected chi connectivity index (χ2v) is 5.66. The molecule has 0 unspecified atom stereocenters. The van der Waals surface area contributed by atoms with Crippen LogP contribution < -0.4 is 0 Å². The maximum Gasteiger partial charge on any atom is 0.215 e. The van der Waals surface area contributed by atoms with Gasteiger partial charge in [0.2, 0.25) is 16.3 Å². The van der Waals surface area contributed by atoms with Crippen LogP contribution in [0.3, 0.4) is 0 Å². The van der Waals surface area contributed by atoms with Gasteiger partial charge in [0.25, 0.3) is 0 Å². The first-order valence-electron chi connectivity index (χ1n) is 4.80. The molecule has 0 saturated carbocycles. The molecular formula is C9H24AlN. The first kappa shape index (κ1) is 14.0. The summed E-state index contributed by atoms with van der Waals surface area (Å²) >= 11 is 1.35. The predicted octanol–water partition coefficient (Wildman–Crippen LogP) is 1.80. The van der Waals surface area contributed by atoms with E-state index in [-0.39, 0.29) is 0 Å². The van der Waals surface area contributed by atoms with Crippen LogP contribution >= 0.6 is 0 Å². The molecule has 0 bridgehead atoms. The molecule has 0 aromatic heterocycles. The van der Waals surface area contributed by atoms with Gasteiger partial charge in [0.1, 0.15) is 0 Å². The van der Waals surface area contributed by atoms with Gasteiger partial charge in [-0.15, -0.1) is 0 Å². The number of nitrogens with zero attached hydrogens (tertiary/aromatic N) is 1. The molecule has 0 N–H and O–H groups in total. The highest BCUT2D eigenvalue weighted by Crippen LogP contribution is 1.84. The van der Waals surface area contributed by atoms with Crippen LogP contribution in [0.1, 0.15) is 34.6 Å². The lowest BCUT2D eigenvalue weighted by Gasteiger charge is -2.13. The first-order valence-corrected chi connectivity index (χ1v) is 5.96. The molecule has 0 radical (unpaired) electrons. The molecule has 0 aliphatic heterocycles. The highest BCUT2D eigenvalue weighted by Gasteiger charge is 1.89. The van der Waals surface area contributed by atoms with Crippen LogP contribution in [0.4, 0.5) is 0 Å². The van der Waals surface area contributed by atoms with Crippen LogP contribution in [-0.2, 0) is 0 Å². The molecule has 2 heteroatoms. The van der Waals surface area contributed by atoms with Crippen molar-refractivity contribution in [3.8, 4) is 0 Å². The largest absolute Gasteiger partial charge is 0.304 e. The van der Waals surface area contributed by atoms with Crippen LogP contribution in [0.25, 0.3) is 0 Å². The fourth-order valence-electron chi connectivity index (χ4n) is 0.671. The van der Waals surface area contributed by atoms with Crippen molar-refractivity contribution in [2.24, 2.45) is 0 Å². The summed E-state index contributed by atoms with van der Waals surface area (Å²) in [6.45, 7) is 14.6. The molecule has 0 spiro atoms. The van der Waals surface area contributed by atoms with E-state index in [0.717, 1.165) is 4.78 Å². The highest BCUT2D eigenvalue weighted by molar-refractivity contribution is 6.10. The SMILES string of the molecule is CCN(CC)CC.C[CH](C)[AlH2]. The minimum absolute atomic E-state index is 0.972. The van der Waals surface area contributed by atoms with Gasteiger partial charge in [-0.25, -0.2) is 0 Å². The number of rotatable bonds is 3. The summed E-state index contributed by atoms with van der Waals surface area (Å²) in [5.41, 5.74) is 0. The van der Waals surface area contributed by atoms with Crippen molar-refractivity contribution >= 4 is 16.3 Å². The lowest BCUT2D eigenvalue weighted by Crippen LogP contribution is -2.21. The van der Waals surface area contributed by atoms with E-state index in [9.17, 15) is 0 Å². The molecule has 0 amide bonds. The quantitative estimate of drug-likeness (QED) is 0.588. The summed E-state index contributed by atoms with van der Waals surface area (Å²) < 4.78 is 0.972. The lowest BCUT2D eigenvalue weighted by molar-refractivity contribution is 0.321. The second kappa shape index (κ2) is 10.5. The van der Waals surface area contributed by atoms with Gasteiger partial charge in [-0.05, 0) is 19.6 Å². The Bertz CT molecular complexity index is 52.3. The van der Waals surface area contributed by atoms with E-state index in [2.05, 4.69) is 39.5 Å². The van der Waals surface area contributed by atoms with Gasteiger partial charge in [0, 0.05) is 0 Å². The summed E-state index contributed by atoms with van der Waals surface area (Å²) in [4.78, 5) is 2.38. The van der Waals surface area contributed by atoms with Gasteiger partial charge >= 0.3 is 0 Å². The van der Waals surface area contributed by atoms with Crippen LogP contribution in [0.2, 0.25) is 4.78 Å². The highest BCUT2D eigenvalue weighted by atomic mass is 27.0. The van der Waals surface area contributed by atoms with Gasteiger partial charge < -0.3 is 4.90 Å². The minimum Gasteiger partial charge on any atom is -0.304 e. The average molecular weight is 173 g/mol. The van der Waals surface area contributed by atoms with Gasteiger partial charge in [0.15, 0.2) is 0 Å². The summed E-state index contributed by atoms with van der Waals surface area (Å²) in [5, 5.41) is 0. The Hall–Kier alpha value is 0.492. The van der Waals surface area contributed by atoms with E-state index in [1.54, 1.807) is 0 Å².